The molecular weight excluding hydrogens is 426 g/mol. The average molecular weight is 444 g/mol. The fourth-order valence-electron chi connectivity index (χ4n) is 2.88. The predicted molar refractivity (Wildman–Crippen MR) is 116 cm³/mol. The average Bonchev–Trinajstić information content (AvgIpc) is 3.37. The van der Waals surface area contributed by atoms with E-state index in [1.54, 1.807) is 30.7 Å². The molecule has 0 radical (unpaired) electrons. The van der Waals surface area contributed by atoms with Crippen LogP contribution in [0.25, 0.3) is 21.5 Å². The largest absolute Gasteiger partial charge is 0.445 e. The summed E-state index contributed by atoms with van der Waals surface area (Å²) in [5.74, 6) is 0.884. The number of nitrogens with one attached hydrogen (secondary N) is 1. The van der Waals surface area contributed by atoms with Crippen LogP contribution in [0.4, 0.5) is 5.82 Å². The Labute approximate surface area is 181 Å². The molecule has 30 heavy (non-hydrogen) atoms. The Bertz CT molecular complexity index is 1160. The Kier molecular flexibility index (Phi) is 6.22. The molecule has 0 aromatic carbocycles. The molecule has 0 bridgehead atoms. The fourth-order valence-corrected chi connectivity index (χ4v) is 3.92. The number of fused-ring (bicyclic) bond motifs is 1. The van der Waals surface area contributed by atoms with Gasteiger partial charge in [0.25, 0.3) is 5.91 Å². The Balaban J connectivity index is 1.31. The summed E-state index contributed by atoms with van der Waals surface area (Å²) in [5, 5.41) is 6.59. The molecule has 0 saturated heterocycles. The highest BCUT2D eigenvalue weighted by molar-refractivity contribution is 7.17. The van der Waals surface area contributed by atoms with Crippen LogP contribution < -0.4 is 11.1 Å². The molecule has 0 aliphatic rings. The van der Waals surface area contributed by atoms with Gasteiger partial charge in [-0.2, -0.15) is 0 Å². The van der Waals surface area contributed by atoms with Crippen LogP contribution in [-0.4, -0.2) is 34.0 Å². The molecule has 1 amide bonds. The van der Waals surface area contributed by atoms with Gasteiger partial charge < -0.3 is 20.2 Å². The number of anilines is 1. The van der Waals surface area contributed by atoms with E-state index in [1.807, 2.05) is 11.4 Å². The SMILES string of the molecule is NC(=O)c1ccc(COCCCNc2ncnc3scc(-c4ccc(Cl)o4)c23)cn1. The number of pyridine rings is 1. The highest BCUT2D eigenvalue weighted by atomic mass is 35.5. The van der Waals surface area contributed by atoms with E-state index in [9.17, 15) is 4.79 Å². The number of carbonyl (C=O) groups is 1. The minimum atomic E-state index is -0.545. The highest BCUT2D eigenvalue weighted by Crippen LogP contribution is 2.37. The summed E-state index contributed by atoms with van der Waals surface area (Å²) in [6, 6.07) is 6.92. The number of primary amides is 1. The summed E-state index contributed by atoms with van der Waals surface area (Å²) >= 11 is 7.44. The molecule has 8 nitrogen and oxygen atoms in total. The summed E-state index contributed by atoms with van der Waals surface area (Å²) in [6.07, 6.45) is 3.92. The molecule has 0 atom stereocenters. The third kappa shape index (κ3) is 4.59. The fraction of sp³-hybridized carbons (Fsp3) is 0.200. The standard InChI is InChI=1S/C20H18ClN5O3S/c21-16-5-4-15(29-16)13-10-30-20-17(13)19(25-11-26-20)23-6-1-7-28-9-12-2-3-14(18(22)27)24-8-12/h2-5,8,10-11H,1,6-7,9H2,(H2,22,27)(H,23,25,26). The van der Waals surface area contributed by atoms with Crippen molar-refractivity contribution in [1.29, 1.82) is 0 Å². The number of rotatable bonds is 9. The Morgan fingerprint density at radius 3 is 2.87 bits per heavy atom. The number of nitrogens with zero attached hydrogens (tertiary/aromatic N) is 3. The third-order valence-corrected chi connectivity index (χ3v) is 5.40. The zero-order valence-electron chi connectivity index (χ0n) is 15.8. The van der Waals surface area contributed by atoms with Gasteiger partial charge in [0.05, 0.1) is 12.0 Å². The van der Waals surface area contributed by atoms with Crippen molar-refractivity contribution in [3.8, 4) is 11.3 Å². The minimum absolute atomic E-state index is 0.240. The van der Waals surface area contributed by atoms with Gasteiger partial charge in [0.1, 0.15) is 28.4 Å². The molecule has 4 aromatic heterocycles. The number of hydrogen-bond donors (Lipinski definition) is 2. The highest BCUT2D eigenvalue weighted by Gasteiger charge is 2.15. The minimum Gasteiger partial charge on any atom is -0.445 e. The summed E-state index contributed by atoms with van der Waals surface area (Å²) < 4.78 is 11.2. The van der Waals surface area contributed by atoms with Crippen LogP contribution in [-0.2, 0) is 11.3 Å². The maximum absolute atomic E-state index is 11.0. The molecule has 0 spiro atoms. The summed E-state index contributed by atoms with van der Waals surface area (Å²) in [6.45, 7) is 1.65. The number of ether oxygens (including phenoxy) is 1. The smallest absolute Gasteiger partial charge is 0.267 e. The first-order valence-electron chi connectivity index (χ1n) is 9.16. The lowest BCUT2D eigenvalue weighted by molar-refractivity contribution is 0.0994. The second-order valence-electron chi connectivity index (χ2n) is 6.40. The molecule has 154 valence electrons. The van der Waals surface area contributed by atoms with Crippen LogP contribution in [0, 0.1) is 0 Å². The molecule has 4 rings (SSSR count). The van der Waals surface area contributed by atoms with E-state index in [1.165, 1.54) is 11.3 Å². The van der Waals surface area contributed by atoms with Crippen molar-refractivity contribution >= 4 is 44.9 Å². The number of nitrogens with two attached hydrogens (primary N) is 1. The van der Waals surface area contributed by atoms with Gasteiger partial charge in [-0.1, -0.05) is 6.07 Å². The number of furan rings is 1. The number of thiophene rings is 1. The van der Waals surface area contributed by atoms with E-state index in [-0.39, 0.29) is 5.69 Å². The van der Waals surface area contributed by atoms with Gasteiger partial charge in [-0.05, 0) is 41.8 Å². The van der Waals surface area contributed by atoms with Crippen LogP contribution in [0.15, 0.2) is 46.6 Å². The van der Waals surface area contributed by atoms with Crippen LogP contribution >= 0.6 is 22.9 Å². The van der Waals surface area contributed by atoms with Gasteiger partial charge in [0.15, 0.2) is 5.22 Å². The normalized spacial score (nSPS) is 11.1. The summed E-state index contributed by atoms with van der Waals surface area (Å²) in [5.41, 5.74) is 7.21. The topological polar surface area (TPSA) is 116 Å². The first-order chi connectivity index (χ1) is 14.6. The van der Waals surface area contributed by atoms with E-state index in [0.717, 1.165) is 33.6 Å². The van der Waals surface area contributed by atoms with Gasteiger partial charge in [-0.25, -0.2) is 9.97 Å². The van der Waals surface area contributed by atoms with E-state index in [2.05, 4.69) is 20.3 Å². The van der Waals surface area contributed by atoms with Crippen molar-refractivity contribution in [2.24, 2.45) is 5.73 Å². The molecule has 0 aliphatic carbocycles. The number of carbonyl (C=O) groups excluding carboxylic acids is 1. The second-order valence-corrected chi connectivity index (χ2v) is 7.64. The quantitative estimate of drug-likeness (QED) is 0.374. The van der Waals surface area contributed by atoms with Crippen LogP contribution in [0.3, 0.4) is 0 Å². The predicted octanol–water partition coefficient (Wildman–Crippen LogP) is 4.12. The lowest BCUT2D eigenvalue weighted by atomic mass is 10.2. The Morgan fingerprint density at radius 1 is 1.23 bits per heavy atom. The third-order valence-electron chi connectivity index (χ3n) is 4.31. The first-order valence-corrected chi connectivity index (χ1v) is 10.4. The summed E-state index contributed by atoms with van der Waals surface area (Å²) in [4.78, 5) is 24.6. The van der Waals surface area contributed by atoms with E-state index >= 15 is 0 Å². The molecule has 0 unspecified atom stereocenters. The zero-order chi connectivity index (χ0) is 20.9. The van der Waals surface area contributed by atoms with E-state index in [0.29, 0.717) is 30.7 Å². The zero-order valence-corrected chi connectivity index (χ0v) is 17.4. The molecule has 4 heterocycles. The van der Waals surface area contributed by atoms with Crippen molar-refractivity contribution in [2.45, 2.75) is 13.0 Å². The van der Waals surface area contributed by atoms with Crippen molar-refractivity contribution in [3.05, 3.63) is 58.6 Å². The summed E-state index contributed by atoms with van der Waals surface area (Å²) in [7, 11) is 0. The Morgan fingerprint density at radius 2 is 2.13 bits per heavy atom. The molecule has 0 aliphatic heterocycles. The lowest BCUT2D eigenvalue weighted by Crippen LogP contribution is -2.13. The van der Waals surface area contributed by atoms with Crippen molar-refractivity contribution in [3.63, 3.8) is 0 Å². The maximum atomic E-state index is 11.0. The molecule has 10 heteroatoms. The van der Waals surface area contributed by atoms with Gasteiger partial charge in [0, 0.05) is 30.3 Å². The molecular formula is C20H18ClN5O3S. The van der Waals surface area contributed by atoms with Crippen LogP contribution in [0.5, 0.6) is 0 Å². The van der Waals surface area contributed by atoms with Crippen LogP contribution in [0.2, 0.25) is 5.22 Å². The van der Waals surface area contributed by atoms with Gasteiger partial charge in [-0.15, -0.1) is 11.3 Å². The first kappa shape index (κ1) is 20.3. The maximum Gasteiger partial charge on any atom is 0.267 e. The van der Waals surface area contributed by atoms with Crippen molar-refractivity contribution in [2.75, 3.05) is 18.5 Å². The van der Waals surface area contributed by atoms with E-state index < -0.39 is 5.91 Å². The van der Waals surface area contributed by atoms with Gasteiger partial charge in [-0.3, -0.25) is 9.78 Å². The molecule has 3 N–H and O–H groups in total. The number of amides is 1. The van der Waals surface area contributed by atoms with E-state index in [4.69, 9.17) is 26.5 Å². The molecule has 4 aromatic rings. The molecule has 0 saturated carbocycles. The lowest BCUT2D eigenvalue weighted by Gasteiger charge is -2.08. The monoisotopic (exact) mass is 443 g/mol. The Hall–Kier alpha value is -3.01. The van der Waals surface area contributed by atoms with Gasteiger partial charge >= 0.3 is 0 Å². The number of halogens is 1. The van der Waals surface area contributed by atoms with Crippen LogP contribution in [0.1, 0.15) is 22.5 Å². The van der Waals surface area contributed by atoms with Crippen molar-refractivity contribution in [1.82, 2.24) is 15.0 Å². The second kappa shape index (κ2) is 9.21. The van der Waals surface area contributed by atoms with Crippen molar-refractivity contribution < 1.29 is 13.9 Å². The number of aromatic nitrogens is 3. The van der Waals surface area contributed by atoms with Gasteiger partial charge in [0.2, 0.25) is 0 Å². The molecule has 0 fully saturated rings. The number of hydrogen-bond acceptors (Lipinski definition) is 8.